The van der Waals surface area contributed by atoms with Crippen LogP contribution in [-0.2, 0) is 6.54 Å². The minimum Gasteiger partial charge on any atom is -0.354 e. The number of nitrogens with zero attached hydrogens (tertiary/aromatic N) is 6. The Balaban J connectivity index is 1.60. The fraction of sp³-hybridized carbons (Fsp3) is 0.316. The van der Waals surface area contributed by atoms with Gasteiger partial charge in [-0.2, -0.15) is 24.7 Å². The van der Waals surface area contributed by atoms with E-state index in [-0.39, 0.29) is 0 Å². The van der Waals surface area contributed by atoms with Crippen molar-refractivity contribution >= 4 is 17.5 Å². The maximum atomic E-state index is 4.61. The van der Waals surface area contributed by atoms with Crippen LogP contribution in [0.25, 0.3) is 17.0 Å². The van der Waals surface area contributed by atoms with Crippen molar-refractivity contribution in [3.63, 3.8) is 0 Å². The highest BCUT2D eigenvalue weighted by Gasteiger charge is 2.15. The summed E-state index contributed by atoms with van der Waals surface area (Å²) < 4.78 is 1.73. The molecule has 0 amide bonds. The number of aromatic nitrogens is 7. The van der Waals surface area contributed by atoms with Crippen LogP contribution in [0.5, 0.6) is 0 Å². The maximum absolute atomic E-state index is 4.61. The number of rotatable bonds is 7. The van der Waals surface area contributed by atoms with Gasteiger partial charge >= 0.3 is 0 Å². The van der Waals surface area contributed by atoms with Crippen LogP contribution in [0.2, 0.25) is 0 Å². The Morgan fingerprint density at radius 3 is 2.64 bits per heavy atom. The van der Waals surface area contributed by atoms with E-state index in [1.807, 2.05) is 43.5 Å². The highest BCUT2D eigenvalue weighted by molar-refractivity contribution is 5.56. The third kappa shape index (κ3) is 3.51. The molecule has 0 saturated carbocycles. The Labute approximate surface area is 162 Å². The predicted octanol–water partition coefficient (Wildman–Crippen LogP) is 3.08. The molecule has 0 aliphatic heterocycles. The zero-order valence-electron chi connectivity index (χ0n) is 16.1. The van der Waals surface area contributed by atoms with Crippen LogP contribution < -0.4 is 10.6 Å². The second kappa shape index (κ2) is 7.63. The first-order chi connectivity index (χ1) is 13.7. The van der Waals surface area contributed by atoms with Gasteiger partial charge in [0, 0.05) is 17.7 Å². The van der Waals surface area contributed by atoms with Crippen LogP contribution in [0.1, 0.15) is 38.1 Å². The molecule has 0 saturated heterocycles. The van der Waals surface area contributed by atoms with Gasteiger partial charge in [0.15, 0.2) is 11.5 Å². The number of aromatic amines is 1. The summed E-state index contributed by atoms with van der Waals surface area (Å²) in [6.45, 7) is 7.44. The van der Waals surface area contributed by atoms with Crippen molar-refractivity contribution in [1.82, 2.24) is 34.8 Å². The molecule has 3 aromatic heterocycles. The van der Waals surface area contributed by atoms with Gasteiger partial charge in [-0.25, -0.2) is 4.98 Å². The van der Waals surface area contributed by atoms with Gasteiger partial charge in [-0.15, -0.1) is 0 Å². The lowest BCUT2D eigenvalue weighted by Gasteiger charge is -2.10. The summed E-state index contributed by atoms with van der Waals surface area (Å²) >= 11 is 0. The summed E-state index contributed by atoms with van der Waals surface area (Å²) in [5.41, 5.74) is 2.85. The Morgan fingerprint density at radius 1 is 1.07 bits per heavy atom. The molecule has 0 bridgehead atoms. The van der Waals surface area contributed by atoms with E-state index < -0.39 is 0 Å². The van der Waals surface area contributed by atoms with E-state index in [0.29, 0.717) is 36.0 Å². The first kappa shape index (κ1) is 17.9. The molecule has 28 heavy (non-hydrogen) atoms. The van der Waals surface area contributed by atoms with Gasteiger partial charge in [0.25, 0.3) is 0 Å². The Bertz CT molecular complexity index is 1070. The summed E-state index contributed by atoms with van der Waals surface area (Å²) in [5.74, 6) is 2.87. The molecular formula is C19H23N9. The largest absolute Gasteiger partial charge is 0.354 e. The maximum Gasteiger partial charge on any atom is 0.229 e. The number of fused-ring (bicyclic) bond motifs is 1. The van der Waals surface area contributed by atoms with E-state index in [2.05, 4.69) is 54.7 Å². The van der Waals surface area contributed by atoms with E-state index in [1.54, 1.807) is 4.52 Å². The minimum absolute atomic E-state index is 0.317. The van der Waals surface area contributed by atoms with Crippen molar-refractivity contribution in [1.29, 1.82) is 0 Å². The summed E-state index contributed by atoms with van der Waals surface area (Å²) in [4.78, 5) is 13.7. The van der Waals surface area contributed by atoms with Crippen molar-refractivity contribution < 1.29 is 0 Å². The Hall–Kier alpha value is -3.49. The van der Waals surface area contributed by atoms with Gasteiger partial charge < -0.3 is 10.6 Å². The molecule has 4 rings (SSSR count). The number of hydrogen-bond donors (Lipinski definition) is 3. The second-order valence-electron chi connectivity index (χ2n) is 6.72. The molecule has 9 heteroatoms. The third-order valence-corrected chi connectivity index (χ3v) is 4.33. The van der Waals surface area contributed by atoms with E-state index in [4.69, 9.17) is 0 Å². The molecule has 0 radical (unpaired) electrons. The summed E-state index contributed by atoms with van der Waals surface area (Å²) in [6, 6.07) is 9.86. The standard InChI is InChI=1S/C19H23N9/c1-4-20-18-24-17-14(12(2)3)10-22-28(17)19(25-18)21-11-15-23-16(27-26-15)13-8-6-5-7-9-13/h5-10,12H,4,11H2,1-3H3,(H,23,26,27)(H2,20,21,24,25). The van der Waals surface area contributed by atoms with Crippen molar-refractivity contribution in [3.05, 3.63) is 47.9 Å². The predicted molar refractivity (Wildman–Crippen MR) is 108 cm³/mol. The quantitative estimate of drug-likeness (QED) is 0.454. The highest BCUT2D eigenvalue weighted by Crippen LogP contribution is 2.22. The monoisotopic (exact) mass is 377 g/mol. The van der Waals surface area contributed by atoms with Gasteiger partial charge in [-0.1, -0.05) is 44.2 Å². The Kier molecular flexibility index (Phi) is 4.88. The lowest BCUT2D eigenvalue weighted by Crippen LogP contribution is -2.12. The zero-order valence-corrected chi connectivity index (χ0v) is 16.1. The molecule has 0 atom stereocenters. The molecule has 1 aromatic carbocycles. The summed E-state index contributed by atoms with van der Waals surface area (Å²) in [6.07, 6.45) is 1.84. The van der Waals surface area contributed by atoms with E-state index in [9.17, 15) is 0 Å². The van der Waals surface area contributed by atoms with Gasteiger partial charge in [0.05, 0.1) is 12.7 Å². The number of nitrogens with one attached hydrogen (secondary N) is 3. The van der Waals surface area contributed by atoms with E-state index in [1.165, 1.54) is 0 Å². The number of hydrogen-bond acceptors (Lipinski definition) is 7. The first-order valence-electron chi connectivity index (χ1n) is 9.35. The van der Waals surface area contributed by atoms with Crippen molar-refractivity contribution in [2.75, 3.05) is 17.2 Å². The third-order valence-electron chi connectivity index (χ3n) is 4.33. The highest BCUT2D eigenvalue weighted by atomic mass is 15.4. The second-order valence-corrected chi connectivity index (χ2v) is 6.72. The van der Waals surface area contributed by atoms with Gasteiger partial charge in [-0.3, -0.25) is 5.10 Å². The molecule has 0 fully saturated rings. The fourth-order valence-corrected chi connectivity index (χ4v) is 2.91. The molecule has 3 heterocycles. The average Bonchev–Trinajstić information content (AvgIpc) is 3.34. The molecule has 0 aliphatic rings. The lowest BCUT2D eigenvalue weighted by atomic mass is 10.1. The molecule has 3 N–H and O–H groups in total. The van der Waals surface area contributed by atoms with Crippen molar-refractivity contribution in [2.24, 2.45) is 0 Å². The van der Waals surface area contributed by atoms with Gasteiger partial charge in [0.1, 0.15) is 5.82 Å². The Morgan fingerprint density at radius 2 is 1.89 bits per heavy atom. The van der Waals surface area contributed by atoms with Crippen LogP contribution in [0, 0.1) is 0 Å². The molecule has 144 valence electrons. The van der Waals surface area contributed by atoms with Crippen LogP contribution in [0.3, 0.4) is 0 Å². The molecule has 0 aliphatic carbocycles. The van der Waals surface area contributed by atoms with Crippen molar-refractivity contribution in [2.45, 2.75) is 33.2 Å². The first-order valence-corrected chi connectivity index (χ1v) is 9.35. The van der Waals surface area contributed by atoms with Crippen LogP contribution in [0.15, 0.2) is 36.5 Å². The van der Waals surface area contributed by atoms with E-state index in [0.717, 1.165) is 23.3 Å². The topological polar surface area (TPSA) is 109 Å². The van der Waals surface area contributed by atoms with Gasteiger partial charge in [-0.05, 0) is 12.8 Å². The number of benzene rings is 1. The molecule has 4 aromatic rings. The normalized spacial score (nSPS) is 11.3. The molecular weight excluding hydrogens is 354 g/mol. The summed E-state index contributed by atoms with van der Waals surface area (Å²) in [7, 11) is 0. The van der Waals surface area contributed by atoms with Crippen LogP contribution >= 0.6 is 0 Å². The van der Waals surface area contributed by atoms with E-state index >= 15 is 0 Å². The van der Waals surface area contributed by atoms with Crippen LogP contribution in [0.4, 0.5) is 11.9 Å². The molecule has 0 spiro atoms. The van der Waals surface area contributed by atoms with Crippen molar-refractivity contribution in [3.8, 4) is 11.4 Å². The molecule has 0 unspecified atom stereocenters. The summed E-state index contributed by atoms with van der Waals surface area (Å²) in [5, 5.41) is 18.2. The van der Waals surface area contributed by atoms with Crippen LogP contribution in [-0.4, -0.2) is 41.3 Å². The smallest absolute Gasteiger partial charge is 0.229 e. The number of H-pyrrole nitrogens is 1. The fourth-order valence-electron chi connectivity index (χ4n) is 2.91. The number of anilines is 2. The SMILES string of the molecule is CCNc1nc(NCc2nc(-c3ccccc3)n[nH]2)n2ncc(C(C)C)c2n1. The zero-order chi connectivity index (χ0) is 19.5. The molecule has 9 nitrogen and oxygen atoms in total. The average molecular weight is 377 g/mol. The minimum atomic E-state index is 0.317. The lowest BCUT2D eigenvalue weighted by molar-refractivity contribution is 0.856. The van der Waals surface area contributed by atoms with Gasteiger partial charge in [0.2, 0.25) is 11.9 Å².